The summed E-state index contributed by atoms with van der Waals surface area (Å²) in [5.74, 6) is 0.999. The lowest BCUT2D eigenvalue weighted by Crippen LogP contribution is -2.52. The Balaban J connectivity index is 1.88. The number of aromatic nitrogens is 2. The summed E-state index contributed by atoms with van der Waals surface area (Å²) in [6.07, 6.45) is 2.97. The van der Waals surface area contributed by atoms with Gasteiger partial charge in [-0.1, -0.05) is 26.8 Å². The highest BCUT2D eigenvalue weighted by atomic mass is 16.5. The van der Waals surface area contributed by atoms with Crippen molar-refractivity contribution >= 4 is 5.97 Å². The van der Waals surface area contributed by atoms with E-state index in [4.69, 9.17) is 9.47 Å². The predicted molar refractivity (Wildman–Crippen MR) is 103 cm³/mol. The largest absolute Gasteiger partial charge is 0.497 e. The Morgan fingerprint density at radius 3 is 2.81 bits per heavy atom. The standard InChI is InChI=1S/C22H28N2O3/c1-6-27-20(25)18-15-12-22(4)16-11-14(26-5)9-7-13(16)8-10-17(22)21(2,3)19(15)24-23-18/h7,9,11,17H,6,8,10,12H2,1-5H3,(H,23,24)/t17?,22-/m1/s1. The number of H-pyrrole nitrogens is 1. The molecule has 144 valence electrons. The first-order chi connectivity index (χ1) is 12.8. The van der Waals surface area contributed by atoms with Crippen molar-refractivity contribution in [3.63, 3.8) is 0 Å². The first-order valence-electron chi connectivity index (χ1n) is 9.75. The van der Waals surface area contributed by atoms with Gasteiger partial charge in [0.1, 0.15) is 5.75 Å². The van der Waals surface area contributed by atoms with Gasteiger partial charge in [0.25, 0.3) is 0 Å². The van der Waals surface area contributed by atoms with Crippen LogP contribution in [0.3, 0.4) is 0 Å². The van der Waals surface area contributed by atoms with Gasteiger partial charge in [-0.15, -0.1) is 0 Å². The third-order valence-corrected chi connectivity index (χ3v) is 6.80. The van der Waals surface area contributed by atoms with Gasteiger partial charge >= 0.3 is 5.97 Å². The van der Waals surface area contributed by atoms with Gasteiger partial charge in [-0.2, -0.15) is 5.10 Å². The van der Waals surface area contributed by atoms with E-state index in [2.05, 4.69) is 43.1 Å². The molecular weight excluding hydrogens is 340 g/mol. The maximum absolute atomic E-state index is 12.5. The van der Waals surface area contributed by atoms with E-state index in [0.717, 1.165) is 36.3 Å². The molecule has 0 saturated heterocycles. The van der Waals surface area contributed by atoms with Gasteiger partial charge in [0.15, 0.2) is 5.69 Å². The maximum Gasteiger partial charge on any atom is 0.359 e. The molecule has 2 aliphatic carbocycles. The van der Waals surface area contributed by atoms with E-state index in [1.165, 1.54) is 11.1 Å². The van der Waals surface area contributed by atoms with Crippen molar-refractivity contribution in [2.24, 2.45) is 5.92 Å². The van der Waals surface area contributed by atoms with Crippen molar-refractivity contribution < 1.29 is 14.3 Å². The molecule has 0 amide bonds. The average Bonchev–Trinajstić information content (AvgIpc) is 3.06. The summed E-state index contributed by atoms with van der Waals surface area (Å²) in [7, 11) is 1.71. The average molecular weight is 368 g/mol. The minimum atomic E-state index is -0.338. The van der Waals surface area contributed by atoms with Crippen molar-refractivity contribution in [2.75, 3.05) is 13.7 Å². The van der Waals surface area contributed by atoms with E-state index in [1.54, 1.807) is 7.11 Å². The summed E-state index contributed by atoms with van der Waals surface area (Å²) in [6, 6.07) is 6.43. The first-order valence-corrected chi connectivity index (χ1v) is 9.75. The molecule has 0 saturated carbocycles. The highest BCUT2D eigenvalue weighted by molar-refractivity contribution is 5.89. The monoisotopic (exact) mass is 368 g/mol. The fraction of sp³-hybridized carbons (Fsp3) is 0.545. The van der Waals surface area contributed by atoms with Gasteiger partial charge in [-0.3, -0.25) is 5.10 Å². The molecule has 2 aliphatic rings. The topological polar surface area (TPSA) is 64.2 Å². The second kappa shape index (κ2) is 6.11. The van der Waals surface area contributed by atoms with Crippen LogP contribution < -0.4 is 4.74 Å². The fourth-order valence-corrected chi connectivity index (χ4v) is 5.59. The number of carbonyl (C=O) groups excluding carboxylic acids is 1. The Hall–Kier alpha value is -2.30. The van der Waals surface area contributed by atoms with Gasteiger partial charge in [0.2, 0.25) is 0 Å². The number of aryl methyl sites for hydroxylation is 1. The number of ether oxygens (including phenoxy) is 2. The molecule has 0 spiro atoms. The number of carbonyl (C=O) groups is 1. The maximum atomic E-state index is 12.5. The van der Waals surface area contributed by atoms with Crippen LogP contribution in [0.4, 0.5) is 0 Å². The highest BCUT2D eigenvalue weighted by Gasteiger charge is 2.54. The van der Waals surface area contributed by atoms with Gasteiger partial charge in [-0.05, 0) is 55.4 Å². The number of benzene rings is 1. The summed E-state index contributed by atoms with van der Waals surface area (Å²) in [6.45, 7) is 9.05. The predicted octanol–water partition coefficient (Wildman–Crippen LogP) is 3.95. The van der Waals surface area contributed by atoms with Crippen molar-refractivity contribution in [2.45, 2.75) is 57.8 Å². The van der Waals surface area contributed by atoms with E-state index < -0.39 is 0 Å². The first kappa shape index (κ1) is 18.1. The van der Waals surface area contributed by atoms with Crippen LogP contribution in [0, 0.1) is 5.92 Å². The second-order valence-electron chi connectivity index (χ2n) is 8.58. The van der Waals surface area contributed by atoms with Crippen molar-refractivity contribution in [3.8, 4) is 5.75 Å². The molecule has 27 heavy (non-hydrogen) atoms. The third-order valence-electron chi connectivity index (χ3n) is 6.80. The zero-order valence-electron chi connectivity index (χ0n) is 16.8. The molecule has 1 N–H and O–H groups in total. The molecule has 2 atom stereocenters. The molecule has 4 rings (SSSR count). The van der Waals surface area contributed by atoms with E-state index >= 15 is 0 Å². The molecule has 1 aromatic carbocycles. The SMILES string of the molecule is CCOC(=O)c1n[nH]c2c1C[C@]1(C)c3cc(OC)ccc3CCC1C2(C)C. The van der Waals surface area contributed by atoms with Crippen molar-refractivity contribution in [1.82, 2.24) is 10.2 Å². The van der Waals surface area contributed by atoms with Gasteiger partial charge in [0, 0.05) is 22.1 Å². The van der Waals surface area contributed by atoms with Crippen LogP contribution >= 0.6 is 0 Å². The molecule has 5 nitrogen and oxygen atoms in total. The van der Waals surface area contributed by atoms with Gasteiger partial charge < -0.3 is 9.47 Å². The summed E-state index contributed by atoms with van der Waals surface area (Å²) in [5.41, 5.74) is 5.06. The van der Waals surface area contributed by atoms with Crippen LogP contribution in [0.1, 0.15) is 67.0 Å². The highest BCUT2D eigenvalue weighted by Crippen LogP contribution is 2.56. The van der Waals surface area contributed by atoms with Crippen molar-refractivity contribution in [3.05, 3.63) is 46.3 Å². The minimum Gasteiger partial charge on any atom is -0.497 e. The van der Waals surface area contributed by atoms with Crippen LogP contribution in [-0.2, 0) is 28.4 Å². The number of rotatable bonds is 3. The van der Waals surface area contributed by atoms with E-state index in [9.17, 15) is 4.79 Å². The number of nitrogens with one attached hydrogen (secondary N) is 1. The number of nitrogens with zero attached hydrogens (tertiary/aromatic N) is 1. The lowest BCUT2D eigenvalue weighted by Gasteiger charge is -2.53. The Morgan fingerprint density at radius 2 is 2.11 bits per heavy atom. The molecule has 0 aliphatic heterocycles. The molecule has 0 bridgehead atoms. The number of hydrogen-bond acceptors (Lipinski definition) is 4. The Kier molecular flexibility index (Phi) is 4.09. The van der Waals surface area contributed by atoms with Crippen molar-refractivity contribution in [1.29, 1.82) is 0 Å². The number of methoxy groups -OCH3 is 1. The summed E-state index contributed by atoms with van der Waals surface area (Å²) >= 11 is 0. The van der Waals surface area contributed by atoms with Gasteiger partial charge in [0.05, 0.1) is 13.7 Å². The quantitative estimate of drug-likeness (QED) is 0.833. The Labute approximate surface area is 160 Å². The number of fused-ring (bicyclic) bond motifs is 4. The summed E-state index contributed by atoms with van der Waals surface area (Å²) < 4.78 is 10.8. The molecule has 0 fully saturated rings. The molecule has 1 unspecified atom stereocenters. The van der Waals surface area contributed by atoms with E-state index in [0.29, 0.717) is 18.2 Å². The van der Waals surface area contributed by atoms with Crippen LogP contribution in [0.5, 0.6) is 5.75 Å². The minimum absolute atomic E-state index is 0.0796. The van der Waals surface area contributed by atoms with Crippen LogP contribution in [-0.4, -0.2) is 29.9 Å². The number of aromatic amines is 1. The molecule has 0 radical (unpaired) electrons. The summed E-state index contributed by atoms with van der Waals surface area (Å²) in [5, 5.41) is 7.54. The molecule has 2 aromatic rings. The van der Waals surface area contributed by atoms with Gasteiger partial charge in [-0.25, -0.2) is 4.79 Å². The smallest absolute Gasteiger partial charge is 0.359 e. The molecular formula is C22H28N2O3. The van der Waals surface area contributed by atoms with Crippen LogP contribution in [0.2, 0.25) is 0 Å². The fourth-order valence-electron chi connectivity index (χ4n) is 5.59. The number of esters is 1. The Bertz CT molecular complexity index is 899. The van der Waals surface area contributed by atoms with Crippen LogP contribution in [0.15, 0.2) is 18.2 Å². The molecule has 1 heterocycles. The summed E-state index contributed by atoms with van der Waals surface area (Å²) in [4.78, 5) is 12.5. The van der Waals surface area contributed by atoms with E-state index in [-0.39, 0.29) is 16.8 Å². The third kappa shape index (κ3) is 2.51. The molecule has 5 heteroatoms. The normalized spacial score (nSPS) is 25.1. The Morgan fingerprint density at radius 1 is 1.33 bits per heavy atom. The lowest BCUT2D eigenvalue weighted by molar-refractivity contribution is 0.0516. The van der Waals surface area contributed by atoms with E-state index in [1.807, 2.05) is 13.0 Å². The molecule has 1 aromatic heterocycles. The number of hydrogen-bond donors (Lipinski definition) is 1. The zero-order valence-corrected chi connectivity index (χ0v) is 16.8. The zero-order chi connectivity index (χ0) is 19.4. The van der Waals surface area contributed by atoms with Crippen LogP contribution in [0.25, 0.3) is 0 Å². The second-order valence-corrected chi connectivity index (χ2v) is 8.58. The lowest BCUT2D eigenvalue weighted by atomic mass is 9.50.